The van der Waals surface area contributed by atoms with Gasteiger partial charge in [-0.1, -0.05) is 24.3 Å². The molecule has 0 unspecified atom stereocenters. The molecule has 3 rings (SSSR count). The lowest BCUT2D eigenvalue weighted by Crippen LogP contribution is -2.31. The lowest BCUT2D eigenvalue weighted by molar-refractivity contribution is -0.131. The quantitative estimate of drug-likeness (QED) is 0.869. The van der Waals surface area contributed by atoms with Gasteiger partial charge in [0, 0.05) is 31.0 Å². The van der Waals surface area contributed by atoms with Crippen LogP contribution in [-0.4, -0.2) is 33.9 Å². The molecule has 1 aromatic heterocycles. The fraction of sp³-hybridized carbons (Fsp3) is 0.353. The zero-order valence-electron chi connectivity index (χ0n) is 12.2. The Hall–Kier alpha value is -2.23. The van der Waals surface area contributed by atoms with Gasteiger partial charge in [-0.25, -0.2) is 9.97 Å². The van der Waals surface area contributed by atoms with Crippen molar-refractivity contribution < 1.29 is 4.79 Å². The molecule has 0 bridgehead atoms. The predicted molar refractivity (Wildman–Crippen MR) is 81.7 cm³/mol. The number of hydrogen-bond acceptors (Lipinski definition) is 3. The number of benzene rings is 1. The first-order valence-corrected chi connectivity index (χ1v) is 7.42. The predicted octanol–water partition coefficient (Wildman–Crippen LogP) is 2.87. The molecule has 0 spiro atoms. The molecule has 4 heteroatoms. The molecular formula is C17H19N3O. The highest BCUT2D eigenvalue weighted by atomic mass is 16.2. The van der Waals surface area contributed by atoms with Crippen molar-refractivity contribution in [2.75, 3.05) is 13.1 Å². The van der Waals surface area contributed by atoms with Crippen LogP contribution in [0.5, 0.6) is 0 Å². The van der Waals surface area contributed by atoms with Crippen molar-refractivity contribution in [3.63, 3.8) is 0 Å². The van der Waals surface area contributed by atoms with Crippen LogP contribution in [0.3, 0.4) is 0 Å². The van der Waals surface area contributed by atoms with Gasteiger partial charge in [0.1, 0.15) is 0 Å². The van der Waals surface area contributed by atoms with Gasteiger partial charge in [0.2, 0.25) is 5.91 Å². The first-order valence-electron chi connectivity index (χ1n) is 7.42. The van der Waals surface area contributed by atoms with Crippen LogP contribution in [0.15, 0.2) is 42.7 Å². The largest absolute Gasteiger partial charge is 0.342 e. The Kier molecular flexibility index (Phi) is 3.95. The molecule has 0 N–H and O–H groups in total. The number of rotatable bonds is 3. The molecule has 1 fully saturated rings. The topological polar surface area (TPSA) is 46.1 Å². The van der Waals surface area contributed by atoms with Crippen LogP contribution in [-0.2, 0) is 4.79 Å². The van der Waals surface area contributed by atoms with Crippen LogP contribution < -0.4 is 0 Å². The molecule has 21 heavy (non-hydrogen) atoms. The Balaban J connectivity index is 1.76. The molecular weight excluding hydrogens is 262 g/mol. The summed E-state index contributed by atoms with van der Waals surface area (Å²) in [6, 6.07) is 9.78. The average Bonchev–Trinajstić information content (AvgIpc) is 3.09. The van der Waals surface area contributed by atoms with Crippen molar-refractivity contribution in [3.05, 3.63) is 48.3 Å². The molecule has 1 amide bonds. The Labute approximate surface area is 124 Å². The lowest BCUT2D eigenvalue weighted by Gasteiger charge is -2.20. The van der Waals surface area contributed by atoms with Crippen molar-refractivity contribution in [2.45, 2.75) is 25.7 Å². The minimum absolute atomic E-state index is 0.0890. The Bertz CT molecular complexity index is 604. The SMILES string of the molecule is C[C@@H](C(=O)N1CCCC1)c1ccc(-c2ncccn2)cc1. The molecule has 0 radical (unpaired) electrons. The van der Waals surface area contributed by atoms with Gasteiger partial charge >= 0.3 is 0 Å². The summed E-state index contributed by atoms with van der Waals surface area (Å²) < 4.78 is 0. The molecule has 4 nitrogen and oxygen atoms in total. The fourth-order valence-electron chi connectivity index (χ4n) is 2.72. The van der Waals surface area contributed by atoms with Gasteiger partial charge in [0.25, 0.3) is 0 Å². The van der Waals surface area contributed by atoms with Gasteiger partial charge in [-0.3, -0.25) is 4.79 Å². The van der Waals surface area contributed by atoms with Crippen LogP contribution in [0.1, 0.15) is 31.2 Å². The summed E-state index contributed by atoms with van der Waals surface area (Å²) in [6.45, 7) is 3.78. The van der Waals surface area contributed by atoms with Crippen molar-refractivity contribution in [3.8, 4) is 11.4 Å². The summed E-state index contributed by atoms with van der Waals surface area (Å²) in [5.41, 5.74) is 2.02. The van der Waals surface area contributed by atoms with Gasteiger partial charge in [-0.05, 0) is 31.4 Å². The monoisotopic (exact) mass is 281 g/mol. The van der Waals surface area contributed by atoms with E-state index >= 15 is 0 Å². The van der Waals surface area contributed by atoms with E-state index in [-0.39, 0.29) is 11.8 Å². The molecule has 108 valence electrons. The van der Waals surface area contributed by atoms with E-state index in [9.17, 15) is 4.79 Å². The van der Waals surface area contributed by atoms with Crippen molar-refractivity contribution >= 4 is 5.91 Å². The second kappa shape index (κ2) is 6.04. The van der Waals surface area contributed by atoms with Crippen molar-refractivity contribution in [1.29, 1.82) is 0 Å². The third kappa shape index (κ3) is 2.94. The Morgan fingerprint density at radius 1 is 1.10 bits per heavy atom. The fourth-order valence-corrected chi connectivity index (χ4v) is 2.72. The second-order valence-corrected chi connectivity index (χ2v) is 5.45. The summed E-state index contributed by atoms with van der Waals surface area (Å²) in [5, 5.41) is 0. The standard InChI is InChI=1S/C17H19N3O/c1-13(17(21)20-11-2-3-12-20)14-5-7-15(8-6-14)16-18-9-4-10-19-16/h4-10,13H,2-3,11-12H2,1H3/t13-/m1/s1. The van der Waals surface area contributed by atoms with Crippen LogP contribution >= 0.6 is 0 Å². The van der Waals surface area contributed by atoms with E-state index in [4.69, 9.17) is 0 Å². The second-order valence-electron chi connectivity index (χ2n) is 5.45. The van der Waals surface area contributed by atoms with Crippen LogP contribution in [0.25, 0.3) is 11.4 Å². The maximum Gasteiger partial charge on any atom is 0.229 e. The highest BCUT2D eigenvalue weighted by Crippen LogP contribution is 2.23. The molecule has 1 saturated heterocycles. The minimum Gasteiger partial charge on any atom is -0.342 e. The molecule has 0 saturated carbocycles. The number of carbonyl (C=O) groups is 1. The number of nitrogens with zero attached hydrogens (tertiary/aromatic N) is 3. The van der Waals surface area contributed by atoms with Gasteiger partial charge < -0.3 is 4.90 Å². The van der Waals surface area contributed by atoms with Gasteiger partial charge in [-0.2, -0.15) is 0 Å². The maximum absolute atomic E-state index is 12.4. The first kappa shape index (κ1) is 13.7. The van der Waals surface area contributed by atoms with Crippen LogP contribution in [0, 0.1) is 0 Å². The summed E-state index contributed by atoms with van der Waals surface area (Å²) in [6.07, 6.45) is 5.72. The Morgan fingerprint density at radius 2 is 1.71 bits per heavy atom. The van der Waals surface area contributed by atoms with Gasteiger partial charge in [0.05, 0.1) is 5.92 Å². The van der Waals surface area contributed by atoms with E-state index in [1.54, 1.807) is 18.5 Å². The normalized spacial score (nSPS) is 16.0. The average molecular weight is 281 g/mol. The smallest absolute Gasteiger partial charge is 0.229 e. The van der Waals surface area contributed by atoms with Gasteiger partial charge in [0.15, 0.2) is 5.82 Å². The number of amides is 1. The molecule has 1 aromatic carbocycles. The van der Waals surface area contributed by atoms with Crippen LogP contribution in [0.2, 0.25) is 0 Å². The first-order chi connectivity index (χ1) is 10.3. The van der Waals surface area contributed by atoms with E-state index in [0.717, 1.165) is 37.1 Å². The molecule has 0 aliphatic carbocycles. The summed E-state index contributed by atoms with van der Waals surface area (Å²) in [4.78, 5) is 22.8. The maximum atomic E-state index is 12.4. The molecule has 1 aliphatic heterocycles. The zero-order valence-corrected chi connectivity index (χ0v) is 12.2. The third-order valence-electron chi connectivity index (χ3n) is 4.02. The van der Waals surface area contributed by atoms with E-state index in [2.05, 4.69) is 9.97 Å². The molecule has 2 aromatic rings. The third-order valence-corrected chi connectivity index (χ3v) is 4.02. The number of aromatic nitrogens is 2. The molecule has 1 atom stereocenters. The summed E-state index contributed by atoms with van der Waals surface area (Å²) in [5.74, 6) is 0.854. The zero-order chi connectivity index (χ0) is 14.7. The minimum atomic E-state index is -0.0890. The number of hydrogen-bond donors (Lipinski definition) is 0. The van der Waals surface area contributed by atoms with E-state index < -0.39 is 0 Å². The van der Waals surface area contributed by atoms with Crippen LogP contribution in [0.4, 0.5) is 0 Å². The number of carbonyl (C=O) groups excluding carboxylic acids is 1. The lowest BCUT2D eigenvalue weighted by atomic mass is 9.98. The van der Waals surface area contributed by atoms with E-state index in [0.29, 0.717) is 5.82 Å². The van der Waals surface area contributed by atoms with Gasteiger partial charge in [-0.15, -0.1) is 0 Å². The van der Waals surface area contributed by atoms with Crippen molar-refractivity contribution in [2.24, 2.45) is 0 Å². The molecule has 2 heterocycles. The summed E-state index contributed by atoms with van der Waals surface area (Å²) in [7, 11) is 0. The Morgan fingerprint density at radius 3 is 2.33 bits per heavy atom. The van der Waals surface area contributed by atoms with E-state index in [1.165, 1.54) is 0 Å². The highest BCUT2D eigenvalue weighted by Gasteiger charge is 2.24. The molecule has 1 aliphatic rings. The van der Waals surface area contributed by atoms with E-state index in [1.807, 2.05) is 36.1 Å². The highest BCUT2D eigenvalue weighted by molar-refractivity contribution is 5.83. The number of likely N-dealkylation sites (tertiary alicyclic amines) is 1. The van der Waals surface area contributed by atoms with Crippen molar-refractivity contribution in [1.82, 2.24) is 14.9 Å². The summed E-state index contributed by atoms with van der Waals surface area (Å²) >= 11 is 0.